The number of hydrogen-bond acceptors (Lipinski definition) is 4. The predicted molar refractivity (Wildman–Crippen MR) is 42.9 cm³/mol. The second kappa shape index (κ2) is 2.84. The topological polar surface area (TPSA) is 68.9 Å². The Hall–Kier alpha value is -1.52. The van der Waals surface area contributed by atoms with Crippen LogP contribution in [-0.2, 0) is 0 Å². The Labute approximate surface area is 69.6 Å². The molecule has 0 aliphatic carbocycles. The molecule has 5 heteroatoms. The Bertz CT molecular complexity index is 336. The summed E-state index contributed by atoms with van der Waals surface area (Å²) in [6.45, 7) is 5.06. The van der Waals surface area contributed by atoms with Gasteiger partial charge in [0.2, 0.25) is 0 Å². The van der Waals surface area contributed by atoms with Gasteiger partial charge in [0.05, 0.1) is 5.69 Å². The molecule has 1 rings (SSSR count). The van der Waals surface area contributed by atoms with Crippen molar-refractivity contribution < 1.29 is 4.92 Å². The lowest BCUT2D eigenvalue weighted by molar-refractivity contribution is -0.390. The molecule has 12 heavy (non-hydrogen) atoms. The maximum atomic E-state index is 10.4. The second-order valence-electron chi connectivity index (χ2n) is 2.56. The second-order valence-corrected chi connectivity index (χ2v) is 2.56. The summed E-state index contributed by atoms with van der Waals surface area (Å²) in [6.07, 6.45) is 0. The third-order valence-corrected chi connectivity index (χ3v) is 1.63. The average molecular weight is 167 g/mol. The minimum atomic E-state index is -0.519. The molecule has 0 N–H and O–H groups in total. The Morgan fingerprint density at radius 3 is 2.08 bits per heavy atom. The lowest BCUT2D eigenvalue weighted by atomic mass is 10.3. The van der Waals surface area contributed by atoms with Crippen molar-refractivity contribution in [2.45, 2.75) is 20.8 Å². The first-order chi connectivity index (χ1) is 5.52. The van der Waals surface area contributed by atoms with Gasteiger partial charge in [0, 0.05) is 6.92 Å². The van der Waals surface area contributed by atoms with E-state index in [1.54, 1.807) is 20.8 Å². The Morgan fingerprint density at radius 2 is 1.58 bits per heavy atom. The summed E-state index contributed by atoms with van der Waals surface area (Å²) in [4.78, 5) is 17.7. The molecule has 0 atom stereocenters. The maximum Gasteiger partial charge on any atom is 0.385 e. The van der Waals surface area contributed by atoms with Crippen LogP contribution in [0, 0.1) is 30.9 Å². The minimum absolute atomic E-state index is 0.155. The summed E-state index contributed by atoms with van der Waals surface area (Å²) in [5, 5.41) is 10.4. The summed E-state index contributed by atoms with van der Waals surface area (Å²) in [7, 11) is 0. The first-order valence-electron chi connectivity index (χ1n) is 3.48. The Kier molecular flexibility index (Phi) is 2.03. The fraction of sp³-hybridized carbons (Fsp3) is 0.429. The van der Waals surface area contributed by atoms with E-state index in [9.17, 15) is 10.1 Å². The van der Waals surface area contributed by atoms with Gasteiger partial charge in [-0.05, 0) is 23.8 Å². The summed E-state index contributed by atoms with van der Waals surface area (Å²) < 4.78 is 0. The number of aryl methyl sites for hydroxylation is 3. The molecule has 1 aromatic rings. The van der Waals surface area contributed by atoms with Crippen LogP contribution in [0.2, 0.25) is 0 Å². The molecule has 0 saturated heterocycles. The van der Waals surface area contributed by atoms with Crippen LogP contribution >= 0.6 is 0 Å². The molecule has 0 aliphatic heterocycles. The molecular weight excluding hydrogens is 158 g/mol. The molecule has 0 radical (unpaired) electrons. The quantitative estimate of drug-likeness (QED) is 0.467. The van der Waals surface area contributed by atoms with E-state index in [1.807, 2.05) is 0 Å². The van der Waals surface area contributed by atoms with Crippen molar-refractivity contribution in [2.24, 2.45) is 0 Å². The van der Waals surface area contributed by atoms with Gasteiger partial charge in [0.25, 0.3) is 0 Å². The summed E-state index contributed by atoms with van der Waals surface area (Å²) in [6, 6.07) is 0. The van der Waals surface area contributed by atoms with Gasteiger partial charge in [0.1, 0.15) is 5.69 Å². The van der Waals surface area contributed by atoms with Crippen LogP contribution in [0.5, 0.6) is 0 Å². The largest absolute Gasteiger partial charge is 0.385 e. The fourth-order valence-electron chi connectivity index (χ4n) is 0.876. The smallest absolute Gasteiger partial charge is 0.358 e. The van der Waals surface area contributed by atoms with E-state index in [1.165, 1.54) is 0 Å². The Balaban J connectivity index is 3.33. The number of rotatable bonds is 1. The molecule has 0 unspecified atom stereocenters. The molecule has 1 aromatic heterocycles. The Morgan fingerprint density at radius 1 is 1.08 bits per heavy atom. The highest BCUT2D eigenvalue weighted by atomic mass is 16.6. The highest BCUT2D eigenvalue weighted by Crippen LogP contribution is 2.13. The van der Waals surface area contributed by atoms with Crippen LogP contribution in [0.25, 0.3) is 0 Å². The molecule has 1 heterocycles. The molecule has 0 spiro atoms. The minimum Gasteiger partial charge on any atom is -0.358 e. The molecule has 0 fully saturated rings. The van der Waals surface area contributed by atoms with Crippen molar-refractivity contribution >= 4 is 5.82 Å². The van der Waals surface area contributed by atoms with Gasteiger partial charge >= 0.3 is 5.82 Å². The van der Waals surface area contributed by atoms with Gasteiger partial charge in [-0.3, -0.25) is 0 Å². The molecule has 0 aliphatic rings. The van der Waals surface area contributed by atoms with Gasteiger partial charge in [-0.2, -0.15) is 0 Å². The summed E-state index contributed by atoms with van der Waals surface area (Å²) in [5.74, 6) is -0.155. The van der Waals surface area contributed by atoms with Gasteiger partial charge in [-0.1, -0.05) is 0 Å². The van der Waals surface area contributed by atoms with E-state index >= 15 is 0 Å². The van der Waals surface area contributed by atoms with Crippen LogP contribution in [-0.4, -0.2) is 14.9 Å². The third kappa shape index (κ3) is 1.39. The molecular formula is C7H9N3O2. The van der Waals surface area contributed by atoms with E-state index in [-0.39, 0.29) is 5.82 Å². The summed E-state index contributed by atoms with van der Waals surface area (Å²) in [5.41, 5.74) is 1.70. The van der Waals surface area contributed by atoms with Crippen molar-refractivity contribution in [1.82, 2.24) is 9.97 Å². The number of nitro groups is 1. The maximum absolute atomic E-state index is 10.4. The van der Waals surface area contributed by atoms with E-state index in [2.05, 4.69) is 9.97 Å². The van der Waals surface area contributed by atoms with E-state index < -0.39 is 4.92 Å². The predicted octanol–water partition coefficient (Wildman–Crippen LogP) is 1.31. The van der Waals surface area contributed by atoms with Gasteiger partial charge < -0.3 is 10.1 Å². The zero-order chi connectivity index (χ0) is 9.30. The standard InChI is InChI=1S/C7H9N3O2/c1-4-5(2)9-7(10(11)12)6(3)8-4/h1-3H3. The molecule has 0 aromatic carbocycles. The number of hydrogen-bond donors (Lipinski definition) is 0. The zero-order valence-corrected chi connectivity index (χ0v) is 7.16. The van der Waals surface area contributed by atoms with Crippen LogP contribution in [0.1, 0.15) is 17.1 Å². The van der Waals surface area contributed by atoms with Crippen LogP contribution in [0.3, 0.4) is 0 Å². The third-order valence-electron chi connectivity index (χ3n) is 1.63. The van der Waals surface area contributed by atoms with Gasteiger partial charge in [0.15, 0.2) is 5.69 Å². The van der Waals surface area contributed by atoms with Gasteiger partial charge in [-0.15, -0.1) is 0 Å². The first kappa shape index (κ1) is 8.58. The number of aromatic nitrogens is 2. The number of nitrogens with zero attached hydrogens (tertiary/aromatic N) is 3. The molecule has 0 amide bonds. The first-order valence-corrected chi connectivity index (χ1v) is 3.48. The molecule has 5 nitrogen and oxygen atoms in total. The van der Waals surface area contributed by atoms with Crippen molar-refractivity contribution in [3.8, 4) is 0 Å². The molecule has 0 saturated carbocycles. The van der Waals surface area contributed by atoms with E-state index in [4.69, 9.17) is 0 Å². The molecule has 64 valence electrons. The highest BCUT2D eigenvalue weighted by molar-refractivity contribution is 5.28. The lowest BCUT2D eigenvalue weighted by Gasteiger charge is -1.98. The lowest BCUT2D eigenvalue weighted by Crippen LogP contribution is -2.02. The van der Waals surface area contributed by atoms with Crippen LogP contribution < -0.4 is 0 Å². The van der Waals surface area contributed by atoms with Gasteiger partial charge in [-0.25, -0.2) is 4.98 Å². The van der Waals surface area contributed by atoms with Crippen molar-refractivity contribution in [1.29, 1.82) is 0 Å². The van der Waals surface area contributed by atoms with Crippen molar-refractivity contribution in [3.63, 3.8) is 0 Å². The fourth-order valence-corrected chi connectivity index (χ4v) is 0.876. The molecule has 0 bridgehead atoms. The average Bonchev–Trinajstić information content (AvgIpc) is 1.96. The summed E-state index contributed by atoms with van der Waals surface area (Å²) >= 11 is 0. The SMILES string of the molecule is Cc1nc(C)c([N+](=O)[O-])nc1C. The highest BCUT2D eigenvalue weighted by Gasteiger charge is 2.15. The van der Waals surface area contributed by atoms with E-state index in [0.29, 0.717) is 11.4 Å². The van der Waals surface area contributed by atoms with E-state index in [0.717, 1.165) is 5.69 Å². The normalized spacial score (nSPS) is 9.92. The monoisotopic (exact) mass is 167 g/mol. The zero-order valence-electron chi connectivity index (χ0n) is 7.16. The van der Waals surface area contributed by atoms with Crippen LogP contribution in [0.15, 0.2) is 0 Å². The van der Waals surface area contributed by atoms with Crippen molar-refractivity contribution in [3.05, 3.63) is 27.2 Å². The van der Waals surface area contributed by atoms with Crippen LogP contribution in [0.4, 0.5) is 5.82 Å². The van der Waals surface area contributed by atoms with Crippen molar-refractivity contribution in [2.75, 3.05) is 0 Å².